The van der Waals surface area contributed by atoms with Crippen LogP contribution in [-0.2, 0) is 0 Å². The van der Waals surface area contributed by atoms with Crippen molar-refractivity contribution in [1.29, 1.82) is 0 Å². The Morgan fingerprint density at radius 2 is 2.30 bits per heavy atom. The van der Waals surface area contributed by atoms with Crippen molar-refractivity contribution in [3.8, 4) is 5.75 Å². The minimum Gasteiger partial charge on any atom is -0.496 e. The Kier molecular flexibility index (Phi) is 5.46. The van der Waals surface area contributed by atoms with Gasteiger partial charge in [0.25, 0.3) is 5.91 Å². The van der Waals surface area contributed by atoms with Crippen molar-refractivity contribution in [1.82, 2.24) is 4.90 Å². The monoisotopic (exact) mass is 339 g/mol. The molecule has 1 saturated heterocycles. The number of benzene rings is 1. The molecule has 0 aromatic heterocycles. The van der Waals surface area contributed by atoms with Gasteiger partial charge in [-0.25, -0.2) is 0 Å². The molecule has 4 heteroatoms. The zero-order valence-corrected chi connectivity index (χ0v) is 13.8. The predicted molar refractivity (Wildman–Crippen MR) is 84.8 cm³/mol. The summed E-state index contributed by atoms with van der Waals surface area (Å²) in [6.07, 6.45) is 4.41. The molecule has 0 aliphatic carbocycles. The molecule has 0 bridgehead atoms. The van der Waals surface area contributed by atoms with Gasteiger partial charge in [-0.3, -0.25) is 4.79 Å². The largest absolute Gasteiger partial charge is 0.496 e. The van der Waals surface area contributed by atoms with E-state index < -0.39 is 0 Å². The van der Waals surface area contributed by atoms with Crippen molar-refractivity contribution in [2.45, 2.75) is 38.6 Å². The summed E-state index contributed by atoms with van der Waals surface area (Å²) in [5.74, 6) is 0.786. The van der Waals surface area contributed by atoms with Crippen LogP contribution in [0, 0.1) is 6.92 Å². The van der Waals surface area contributed by atoms with E-state index in [2.05, 4.69) is 15.9 Å². The molecule has 1 unspecified atom stereocenters. The highest BCUT2D eigenvalue weighted by atomic mass is 79.9. The molecule has 1 heterocycles. The third-order valence-corrected chi connectivity index (χ3v) is 4.46. The molecule has 1 atom stereocenters. The number of nitrogens with zero attached hydrogens (tertiary/aromatic N) is 1. The molecule has 1 fully saturated rings. The minimum absolute atomic E-state index is 0.114. The van der Waals surface area contributed by atoms with Crippen molar-refractivity contribution in [3.63, 3.8) is 0 Å². The fourth-order valence-electron chi connectivity index (χ4n) is 2.86. The number of ether oxygens (including phenoxy) is 1. The summed E-state index contributed by atoms with van der Waals surface area (Å²) >= 11 is 3.47. The second-order valence-corrected chi connectivity index (χ2v) is 6.12. The number of halogens is 1. The van der Waals surface area contributed by atoms with Gasteiger partial charge in [0.05, 0.1) is 12.7 Å². The number of carbonyl (C=O) groups is 1. The lowest BCUT2D eigenvalue weighted by Crippen LogP contribution is -2.35. The van der Waals surface area contributed by atoms with Crippen molar-refractivity contribution < 1.29 is 9.53 Å². The fourth-order valence-corrected chi connectivity index (χ4v) is 3.18. The fraction of sp³-hybridized carbons (Fsp3) is 0.562. The van der Waals surface area contributed by atoms with Crippen LogP contribution < -0.4 is 4.74 Å². The normalized spacial score (nSPS) is 18.4. The number of hydrogen-bond acceptors (Lipinski definition) is 2. The van der Waals surface area contributed by atoms with Gasteiger partial charge in [0.2, 0.25) is 0 Å². The van der Waals surface area contributed by atoms with Crippen LogP contribution in [0.15, 0.2) is 18.2 Å². The van der Waals surface area contributed by atoms with Gasteiger partial charge < -0.3 is 9.64 Å². The highest BCUT2D eigenvalue weighted by molar-refractivity contribution is 9.09. The first-order chi connectivity index (χ1) is 9.67. The van der Waals surface area contributed by atoms with Crippen LogP contribution in [0.2, 0.25) is 0 Å². The zero-order chi connectivity index (χ0) is 14.5. The Morgan fingerprint density at radius 1 is 1.50 bits per heavy atom. The number of carbonyl (C=O) groups excluding carboxylic acids is 1. The SMILES string of the molecule is COc1ccc(C)cc1C(=O)N1CCCC1CCCBr. The summed E-state index contributed by atoms with van der Waals surface area (Å²) in [5.41, 5.74) is 1.78. The van der Waals surface area contributed by atoms with Gasteiger partial charge in [0.15, 0.2) is 0 Å². The van der Waals surface area contributed by atoms with E-state index in [1.807, 2.05) is 30.0 Å². The third kappa shape index (κ3) is 3.35. The molecule has 0 N–H and O–H groups in total. The molecule has 2 rings (SSSR count). The average Bonchev–Trinajstić information content (AvgIpc) is 2.92. The van der Waals surface area contributed by atoms with Crippen LogP contribution in [-0.4, -0.2) is 35.8 Å². The quantitative estimate of drug-likeness (QED) is 0.764. The Bertz CT molecular complexity index is 476. The first-order valence-electron chi connectivity index (χ1n) is 7.19. The summed E-state index contributed by atoms with van der Waals surface area (Å²) in [4.78, 5) is 14.8. The third-order valence-electron chi connectivity index (χ3n) is 3.89. The van der Waals surface area contributed by atoms with E-state index >= 15 is 0 Å². The molecule has 1 aromatic rings. The van der Waals surface area contributed by atoms with E-state index in [-0.39, 0.29) is 5.91 Å². The maximum Gasteiger partial charge on any atom is 0.257 e. The van der Waals surface area contributed by atoms with Crippen molar-refractivity contribution in [3.05, 3.63) is 29.3 Å². The molecule has 0 radical (unpaired) electrons. The molecule has 1 aliphatic heterocycles. The van der Waals surface area contributed by atoms with Crippen LogP contribution in [0.3, 0.4) is 0 Å². The van der Waals surface area contributed by atoms with Gasteiger partial charge in [0, 0.05) is 17.9 Å². The predicted octanol–water partition coefficient (Wildman–Crippen LogP) is 3.78. The summed E-state index contributed by atoms with van der Waals surface area (Å²) in [7, 11) is 1.62. The lowest BCUT2D eigenvalue weighted by molar-refractivity contribution is 0.0727. The maximum absolute atomic E-state index is 12.8. The van der Waals surface area contributed by atoms with Crippen molar-refractivity contribution in [2.24, 2.45) is 0 Å². The van der Waals surface area contributed by atoms with Gasteiger partial charge in [-0.15, -0.1) is 0 Å². The van der Waals surface area contributed by atoms with E-state index in [1.54, 1.807) is 7.11 Å². The van der Waals surface area contributed by atoms with E-state index in [4.69, 9.17) is 4.74 Å². The van der Waals surface area contributed by atoms with Gasteiger partial charge in [-0.05, 0) is 44.7 Å². The average molecular weight is 340 g/mol. The molecule has 0 spiro atoms. The summed E-state index contributed by atoms with van der Waals surface area (Å²) in [6, 6.07) is 6.17. The maximum atomic E-state index is 12.8. The molecular formula is C16H22BrNO2. The second kappa shape index (κ2) is 7.11. The summed E-state index contributed by atoms with van der Waals surface area (Å²) in [6.45, 7) is 2.87. The van der Waals surface area contributed by atoms with Crippen molar-refractivity contribution in [2.75, 3.05) is 19.0 Å². The van der Waals surface area contributed by atoms with E-state index in [0.717, 1.165) is 43.1 Å². The highest BCUT2D eigenvalue weighted by Crippen LogP contribution is 2.27. The topological polar surface area (TPSA) is 29.5 Å². The second-order valence-electron chi connectivity index (χ2n) is 5.33. The number of hydrogen-bond donors (Lipinski definition) is 0. The van der Waals surface area contributed by atoms with E-state index in [0.29, 0.717) is 17.4 Å². The Hall–Kier alpha value is -1.03. The highest BCUT2D eigenvalue weighted by Gasteiger charge is 2.30. The first-order valence-corrected chi connectivity index (χ1v) is 8.31. The standard InChI is InChI=1S/C16H22BrNO2/c1-12-7-8-15(20-2)14(11-12)16(19)18-10-4-6-13(18)5-3-9-17/h7-8,11,13H,3-6,9-10H2,1-2H3. The first kappa shape index (κ1) is 15.4. The molecule has 1 amide bonds. The van der Waals surface area contributed by atoms with E-state index in [9.17, 15) is 4.79 Å². The smallest absolute Gasteiger partial charge is 0.257 e. The van der Waals surface area contributed by atoms with Crippen LogP contribution in [0.1, 0.15) is 41.6 Å². The lowest BCUT2D eigenvalue weighted by atomic mass is 10.1. The zero-order valence-electron chi connectivity index (χ0n) is 12.2. The van der Waals surface area contributed by atoms with E-state index in [1.165, 1.54) is 0 Å². The number of alkyl halides is 1. The number of rotatable bonds is 5. The Balaban J connectivity index is 2.19. The van der Waals surface area contributed by atoms with Gasteiger partial charge in [-0.2, -0.15) is 0 Å². The summed E-state index contributed by atoms with van der Waals surface area (Å²) in [5, 5.41) is 0.999. The van der Waals surface area contributed by atoms with Gasteiger partial charge in [-0.1, -0.05) is 27.6 Å². The number of likely N-dealkylation sites (tertiary alicyclic amines) is 1. The van der Waals surface area contributed by atoms with Crippen molar-refractivity contribution >= 4 is 21.8 Å². The summed E-state index contributed by atoms with van der Waals surface area (Å²) < 4.78 is 5.34. The lowest BCUT2D eigenvalue weighted by Gasteiger charge is -2.25. The number of amides is 1. The molecular weight excluding hydrogens is 318 g/mol. The van der Waals surface area contributed by atoms with Gasteiger partial charge >= 0.3 is 0 Å². The minimum atomic E-state index is 0.114. The molecule has 20 heavy (non-hydrogen) atoms. The molecule has 0 saturated carbocycles. The Labute approximate surface area is 129 Å². The van der Waals surface area contributed by atoms with Crippen LogP contribution in [0.25, 0.3) is 0 Å². The number of aryl methyl sites for hydroxylation is 1. The van der Waals surface area contributed by atoms with Crippen LogP contribution in [0.5, 0.6) is 5.75 Å². The number of methoxy groups -OCH3 is 1. The van der Waals surface area contributed by atoms with Crippen LogP contribution in [0.4, 0.5) is 0 Å². The Morgan fingerprint density at radius 3 is 3.00 bits per heavy atom. The molecule has 1 aliphatic rings. The van der Waals surface area contributed by atoms with Gasteiger partial charge in [0.1, 0.15) is 5.75 Å². The van der Waals surface area contributed by atoms with Crippen LogP contribution >= 0.6 is 15.9 Å². The molecule has 3 nitrogen and oxygen atoms in total. The molecule has 1 aromatic carbocycles. The molecule has 110 valence electrons.